The van der Waals surface area contributed by atoms with E-state index in [-0.39, 0.29) is 6.54 Å². The van der Waals surface area contributed by atoms with E-state index in [2.05, 4.69) is 15.6 Å². The molecule has 3 N–H and O–H groups in total. The third kappa shape index (κ3) is 5.14. The largest absolute Gasteiger partial charge is 0.469 e. The van der Waals surface area contributed by atoms with E-state index >= 15 is 0 Å². The van der Waals surface area contributed by atoms with E-state index in [1.807, 2.05) is 25.1 Å². The number of hydrogen-bond acceptors (Lipinski definition) is 4. The number of furan rings is 2. The molecule has 1 atom stereocenters. The number of aliphatic hydroxyl groups is 1. The van der Waals surface area contributed by atoms with Gasteiger partial charge in [0.05, 0.1) is 12.8 Å². The van der Waals surface area contributed by atoms with Gasteiger partial charge < -0.3 is 24.6 Å². The fourth-order valence-corrected chi connectivity index (χ4v) is 3.21. The minimum atomic E-state index is -1.14. The fraction of sp³-hybridized carbons (Fsp3) is 0.550. The van der Waals surface area contributed by atoms with E-state index in [0.29, 0.717) is 18.3 Å². The van der Waals surface area contributed by atoms with Crippen LogP contribution in [0.5, 0.6) is 0 Å². The van der Waals surface area contributed by atoms with Crippen LogP contribution < -0.4 is 10.6 Å². The van der Waals surface area contributed by atoms with Gasteiger partial charge in [0, 0.05) is 19.0 Å². The Morgan fingerprint density at radius 1 is 1.31 bits per heavy atom. The number of aliphatic imine (C=N–C) groups is 1. The van der Waals surface area contributed by atoms with Crippen molar-refractivity contribution < 1.29 is 13.9 Å². The lowest BCUT2D eigenvalue weighted by Crippen LogP contribution is -2.44. The molecule has 0 aromatic carbocycles. The number of rotatable bonds is 7. The SMILES string of the molecule is Cc1ccc(C(C)(O)CN=C(NCCc2ccco2)NC2CCCC2)o1. The van der Waals surface area contributed by atoms with Gasteiger partial charge >= 0.3 is 0 Å². The first-order chi connectivity index (χ1) is 12.5. The zero-order valence-corrected chi connectivity index (χ0v) is 15.6. The van der Waals surface area contributed by atoms with Crippen molar-refractivity contribution in [3.8, 4) is 0 Å². The van der Waals surface area contributed by atoms with Crippen molar-refractivity contribution in [3.63, 3.8) is 0 Å². The van der Waals surface area contributed by atoms with Crippen LogP contribution in [0.2, 0.25) is 0 Å². The Balaban J connectivity index is 1.61. The van der Waals surface area contributed by atoms with Crippen LogP contribution in [-0.2, 0) is 12.0 Å². The van der Waals surface area contributed by atoms with Crippen LogP contribution in [0.1, 0.15) is 49.9 Å². The van der Waals surface area contributed by atoms with Gasteiger partial charge in [-0.2, -0.15) is 0 Å². The lowest BCUT2D eigenvalue weighted by Gasteiger charge is -2.21. The lowest BCUT2D eigenvalue weighted by molar-refractivity contribution is 0.0428. The van der Waals surface area contributed by atoms with E-state index in [1.165, 1.54) is 12.8 Å². The minimum Gasteiger partial charge on any atom is -0.469 e. The molecule has 0 spiro atoms. The standard InChI is InChI=1S/C20H29N3O3/c1-15-9-10-18(26-15)20(2,24)14-22-19(23-16-6-3-4-7-16)21-12-11-17-8-5-13-25-17/h5,8-10,13,16,24H,3-4,6-7,11-12,14H2,1-2H3,(H2,21,22,23). The molecular formula is C20H29N3O3. The summed E-state index contributed by atoms with van der Waals surface area (Å²) >= 11 is 0. The van der Waals surface area contributed by atoms with Crippen LogP contribution in [0.15, 0.2) is 44.4 Å². The second kappa shape index (κ2) is 8.45. The quantitative estimate of drug-likeness (QED) is 0.523. The monoisotopic (exact) mass is 359 g/mol. The molecule has 0 amide bonds. The molecule has 0 bridgehead atoms. The van der Waals surface area contributed by atoms with Gasteiger partial charge in [0.2, 0.25) is 0 Å². The summed E-state index contributed by atoms with van der Waals surface area (Å²) < 4.78 is 10.9. The molecule has 2 aromatic rings. The van der Waals surface area contributed by atoms with E-state index in [9.17, 15) is 5.11 Å². The first-order valence-electron chi connectivity index (χ1n) is 9.39. The van der Waals surface area contributed by atoms with Gasteiger partial charge in [-0.05, 0) is 51.0 Å². The highest BCUT2D eigenvalue weighted by atomic mass is 16.4. The molecule has 1 aliphatic carbocycles. The first-order valence-corrected chi connectivity index (χ1v) is 9.39. The number of guanidine groups is 1. The highest BCUT2D eigenvalue weighted by molar-refractivity contribution is 5.80. The summed E-state index contributed by atoms with van der Waals surface area (Å²) in [5.74, 6) is 2.99. The van der Waals surface area contributed by atoms with Gasteiger partial charge in [-0.3, -0.25) is 0 Å². The average Bonchev–Trinajstić information content (AvgIpc) is 3.35. The van der Waals surface area contributed by atoms with Crippen molar-refractivity contribution >= 4 is 5.96 Å². The molecule has 26 heavy (non-hydrogen) atoms. The average molecular weight is 359 g/mol. The Bertz CT molecular complexity index is 698. The van der Waals surface area contributed by atoms with Crippen LogP contribution in [0.3, 0.4) is 0 Å². The van der Waals surface area contributed by atoms with Crippen molar-refractivity contribution in [2.45, 2.75) is 57.6 Å². The summed E-state index contributed by atoms with van der Waals surface area (Å²) in [6, 6.07) is 7.96. The third-order valence-electron chi connectivity index (χ3n) is 4.76. The fourth-order valence-electron chi connectivity index (χ4n) is 3.21. The smallest absolute Gasteiger partial charge is 0.191 e. The third-order valence-corrected chi connectivity index (χ3v) is 4.76. The molecule has 2 aromatic heterocycles. The predicted octanol–water partition coefficient (Wildman–Crippen LogP) is 3.11. The number of nitrogens with one attached hydrogen (secondary N) is 2. The molecule has 1 saturated carbocycles. The second-order valence-electron chi connectivity index (χ2n) is 7.23. The maximum Gasteiger partial charge on any atom is 0.191 e. The number of aryl methyl sites for hydroxylation is 1. The van der Waals surface area contributed by atoms with Gasteiger partial charge in [0.15, 0.2) is 5.96 Å². The highest BCUT2D eigenvalue weighted by Gasteiger charge is 2.27. The lowest BCUT2D eigenvalue weighted by atomic mass is 10.0. The van der Waals surface area contributed by atoms with Gasteiger partial charge in [-0.1, -0.05) is 12.8 Å². The summed E-state index contributed by atoms with van der Waals surface area (Å²) in [6.45, 7) is 4.54. The van der Waals surface area contributed by atoms with Crippen LogP contribution in [0, 0.1) is 6.92 Å². The molecule has 2 heterocycles. The molecule has 1 unspecified atom stereocenters. The summed E-state index contributed by atoms with van der Waals surface area (Å²) in [7, 11) is 0. The molecule has 1 aliphatic rings. The van der Waals surface area contributed by atoms with Gasteiger partial charge in [0.25, 0.3) is 0 Å². The zero-order valence-electron chi connectivity index (χ0n) is 15.6. The second-order valence-corrected chi connectivity index (χ2v) is 7.23. The predicted molar refractivity (Wildman–Crippen MR) is 101 cm³/mol. The Kier molecular flexibility index (Phi) is 6.04. The molecule has 1 fully saturated rings. The molecule has 6 heteroatoms. The Morgan fingerprint density at radius 2 is 2.12 bits per heavy atom. The molecule has 142 valence electrons. The Labute approximate surface area is 154 Å². The molecule has 0 aliphatic heterocycles. The van der Waals surface area contributed by atoms with Crippen LogP contribution in [0.25, 0.3) is 0 Å². The zero-order chi connectivity index (χ0) is 18.4. The van der Waals surface area contributed by atoms with Gasteiger partial charge in [0.1, 0.15) is 22.9 Å². The topological polar surface area (TPSA) is 82.9 Å². The molecule has 6 nitrogen and oxygen atoms in total. The van der Waals surface area contributed by atoms with E-state index < -0.39 is 5.60 Å². The molecule has 0 radical (unpaired) electrons. The Hall–Kier alpha value is -2.21. The number of hydrogen-bond donors (Lipinski definition) is 3. The van der Waals surface area contributed by atoms with Crippen molar-refractivity contribution in [2.24, 2.45) is 4.99 Å². The summed E-state index contributed by atoms with van der Waals surface area (Å²) in [4.78, 5) is 4.62. The highest BCUT2D eigenvalue weighted by Crippen LogP contribution is 2.23. The van der Waals surface area contributed by atoms with Gasteiger partial charge in [-0.15, -0.1) is 0 Å². The molecule has 0 saturated heterocycles. The van der Waals surface area contributed by atoms with E-state index in [1.54, 1.807) is 19.3 Å². The normalized spacial score (nSPS) is 18.0. The summed E-state index contributed by atoms with van der Waals surface area (Å²) in [5, 5.41) is 17.6. The minimum absolute atomic E-state index is 0.225. The van der Waals surface area contributed by atoms with Crippen molar-refractivity contribution in [3.05, 3.63) is 47.8 Å². The van der Waals surface area contributed by atoms with E-state index in [4.69, 9.17) is 8.83 Å². The summed E-state index contributed by atoms with van der Waals surface area (Å²) in [6.07, 6.45) is 7.29. The molecular weight excluding hydrogens is 330 g/mol. The molecule has 3 rings (SSSR count). The first kappa shape index (κ1) is 18.6. The number of nitrogens with zero attached hydrogens (tertiary/aromatic N) is 1. The van der Waals surface area contributed by atoms with Crippen molar-refractivity contribution in [2.75, 3.05) is 13.1 Å². The maximum atomic E-state index is 10.7. The van der Waals surface area contributed by atoms with Gasteiger partial charge in [-0.25, -0.2) is 4.99 Å². The van der Waals surface area contributed by atoms with Crippen molar-refractivity contribution in [1.29, 1.82) is 0 Å². The maximum absolute atomic E-state index is 10.7. The van der Waals surface area contributed by atoms with Crippen LogP contribution in [0.4, 0.5) is 0 Å². The van der Waals surface area contributed by atoms with E-state index in [0.717, 1.165) is 36.7 Å². The van der Waals surface area contributed by atoms with Crippen molar-refractivity contribution in [1.82, 2.24) is 10.6 Å². The van der Waals surface area contributed by atoms with Crippen LogP contribution in [-0.4, -0.2) is 30.2 Å². The Morgan fingerprint density at radius 3 is 2.77 bits per heavy atom. The summed E-state index contributed by atoms with van der Waals surface area (Å²) in [5.41, 5.74) is -1.14. The van der Waals surface area contributed by atoms with Crippen LogP contribution >= 0.6 is 0 Å².